The van der Waals surface area contributed by atoms with Gasteiger partial charge in [0.25, 0.3) is 0 Å². The van der Waals surface area contributed by atoms with E-state index >= 15 is 0 Å². The number of nitrogens with zero attached hydrogens (tertiary/aromatic N) is 2. The summed E-state index contributed by atoms with van der Waals surface area (Å²) < 4.78 is 0. The first-order valence-corrected chi connectivity index (χ1v) is 4.63. The molecule has 1 aliphatic heterocycles. The third-order valence-electron chi connectivity index (χ3n) is 2.50. The second-order valence-electron chi connectivity index (χ2n) is 3.82. The lowest BCUT2D eigenvalue weighted by Crippen LogP contribution is -2.37. The highest BCUT2D eigenvalue weighted by Crippen LogP contribution is 2.08. The largest absolute Gasteiger partial charge is 0.291 e. The summed E-state index contributed by atoms with van der Waals surface area (Å²) in [6.45, 7) is 8.25. The van der Waals surface area contributed by atoms with Crippen molar-refractivity contribution >= 4 is 0 Å². The van der Waals surface area contributed by atoms with Crippen molar-refractivity contribution in [2.45, 2.75) is 32.7 Å². The predicted octanol–water partition coefficient (Wildman–Crippen LogP) is 1.38. The van der Waals surface area contributed by atoms with Gasteiger partial charge in [-0.2, -0.15) is 0 Å². The van der Waals surface area contributed by atoms with E-state index in [9.17, 15) is 0 Å². The van der Waals surface area contributed by atoms with E-state index in [0.29, 0.717) is 6.04 Å². The van der Waals surface area contributed by atoms with Gasteiger partial charge in [0.1, 0.15) is 0 Å². The molecule has 1 saturated heterocycles. The molecule has 1 rings (SSSR count). The molecule has 2 nitrogen and oxygen atoms in total. The maximum absolute atomic E-state index is 2.53. The van der Waals surface area contributed by atoms with Crippen LogP contribution < -0.4 is 0 Å². The van der Waals surface area contributed by atoms with E-state index in [4.69, 9.17) is 0 Å². The summed E-state index contributed by atoms with van der Waals surface area (Å²) in [6.07, 6.45) is 2.79. The molecule has 0 amide bonds. The fraction of sp³-hybridized carbons (Fsp3) is 1.00. The molecule has 1 heterocycles. The molecule has 0 N–H and O–H groups in total. The summed E-state index contributed by atoms with van der Waals surface area (Å²) in [7, 11) is 2.20. The van der Waals surface area contributed by atoms with Gasteiger partial charge in [0.2, 0.25) is 0 Å². The van der Waals surface area contributed by atoms with Gasteiger partial charge < -0.3 is 0 Å². The van der Waals surface area contributed by atoms with Crippen molar-refractivity contribution in [3.8, 4) is 0 Å². The summed E-state index contributed by atoms with van der Waals surface area (Å²) in [5.41, 5.74) is 0. The Kier molecular flexibility index (Phi) is 3.34. The van der Waals surface area contributed by atoms with Crippen LogP contribution in [-0.4, -0.2) is 42.6 Å². The number of hydrogen-bond donors (Lipinski definition) is 0. The Morgan fingerprint density at radius 2 is 1.82 bits per heavy atom. The standard InChI is InChI=1S/C9H20N2/c1-9(2)10(3)8-11-6-4-5-7-11/h9H,4-8H2,1-3H3. The van der Waals surface area contributed by atoms with Crippen molar-refractivity contribution in [3.63, 3.8) is 0 Å². The second kappa shape index (κ2) is 4.07. The predicted molar refractivity (Wildman–Crippen MR) is 48.6 cm³/mol. The Hall–Kier alpha value is -0.0800. The van der Waals surface area contributed by atoms with Crippen LogP contribution in [0.5, 0.6) is 0 Å². The van der Waals surface area contributed by atoms with Gasteiger partial charge >= 0.3 is 0 Å². The van der Waals surface area contributed by atoms with Crippen LogP contribution in [-0.2, 0) is 0 Å². The third-order valence-corrected chi connectivity index (χ3v) is 2.50. The molecule has 0 unspecified atom stereocenters. The van der Waals surface area contributed by atoms with Crippen LogP contribution in [0.4, 0.5) is 0 Å². The van der Waals surface area contributed by atoms with E-state index in [1.54, 1.807) is 0 Å². The van der Waals surface area contributed by atoms with Crippen molar-refractivity contribution in [2.24, 2.45) is 0 Å². The lowest BCUT2D eigenvalue weighted by atomic mass is 10.4. The smallest absolute Gasteiger partial charge is 0.0505 e. The highest BCUT2D eigenvalue weighted by atomic mass is 15.3. The fourth-order valence-corrected chi connectivity index (χ4v) is 1.40. The molecule has 11 heavy (non-hydrogen) atoms. The van der Waals surface area contributed by atoms with Crippen LogP contribution in [0.3, 0.4) is 0 Å². The van der Waals surface area contributed by atoms with Crippen LogP contribution in [0.25, 0.3) is 0 Å². The van der Waals surface area contributed by atoms with E-state index in [0.717, 1.165) is 6.67 Å². The minimum absolute atomic E-state index is 0.676. The fourth-order valence-electron chi connectivity index (χ4n) is 1.40. The Balaban J connectivity index is 2.18. The molecule has 0 spiro atoms. The van der Waals surface area contributed by atoms with Gasteiger partial charge in [0, 0.05) is 6.04 Å². The van der Waals surface area contributed by atoms with E-state index in [1.165, 1.54) is 25.9 Å². The van der Waals surface area contributed by atoms with Gasteiger partial charge in [0.05, 0.1) is 6.67 Å². The average Bonchev–Trinajstić information content (AvgIpc) is 2.39. The summed E-state index contributed by atoms with van der Waals surface area (Å²) >= 11 is 0. The Bertz CT molecular complexity index is 106. The topological polar surface area (TPSA) is 6.48 Å². The Morgan fingerprint density at radius 1 is 1.27 bits per heavy atom. The van der Waals surface area contributed by atoms with E-state index in [1.807, 2.05) is 0 Å². The lowest BCUT2D eigenvalue weighted by molar-refractivity contribution is 0.153. The maximum Gasteiger partial charge on any atom is 0.0505 e. The van der Waals surface area contributed by atoms with Crippen LogP contribution in [0.1, 0.15) is 26.7 Å². The van der Waals surface area contributed by atoms with Crippen LogP contribution in [0.2, 0.25) is 0 Å². The highest BCUT2D eigenvalue weighted by Gasteiger charge is 2.13. The quantitative estimate of drug-likeness (QED) is 0.609. The van der Waals surface area contributed by atoms with Crippen molar-refractivity contribution in [3.05, 3.63) is 0 Å². The molecule has 0 saturated carbocycles. The first-order chi connectivity index (χ1) is 5.20. The number of likely N-dealkylation sites (tertiary alicyclic amines) is 1. The monoisotopic (exact) mass is 156 g/mol. The Labute approximate surface area is 70.2 Å². The first-order valence-electron chi connectivity index (χ1n) is 4.63. The average molecular weight is 156 g/mol. The normalized spacial score (nSPS) is 20.5. The summed E-state index contributed by atoms with van der Waals surface area (Å²) in [5, 5.41) is 0. The second-order valence-corrected chi connectivity index (χ2v) is 3.82. The highest BCUT2D eigenvalue weighted by molar-refractivity contribution is 4.66. The van der Waals surface area contributed by atoms with Gasteiger partial charge in [-0.05, 0) is 46.8 Å². The molecular formula is C9H20N2. The molecule has 0 aromatic carbocycles. The molecule has 1 fully saturated rings. The zero-order chi connectivity index (χ0) is 8.27. The molecule has 0 aliphatic carbocycles. The van der Waals surface area contributed by atoms with Gasteiger partial charge in [-0.25, -0.2) is 0 Å². The van der Waals surface area contributed by atoms with Gasteiger partial charge in [0.15, 0.2) is 0 Å². The molecule has 0 aromatic heterocycles. The summed E-state index contributed by atoms with van der Waals surface area (Å²) in [4.78, 5) is 4.92. The maximum atomic E-state index is 2.53. The van der Waals surface area contributed by atoms with Crippen molar-refractivity contribution in [2.75, 3.05) is 26.8 Å². The first kappa shape index (κ1) is 9.01. The Morgan fingerprint density at radius 3 is 2.27 bits per heavy atom. The van der Waals surface area contributed by atoms with Crippen LogP contribution in [0.15, 0.2) is 0 Å². The molecule has 0 radical (unpaired) electrons. The van der Waals surface area contributed by atoms with E-state index in [-0.39, 0.29) is 0 Å². The number of rotatable bonds is 3. The zero-order valence-electron chi connectivity index (χ0n) is 8.01. The minimum atomic E-state index is 0.676. The molecule has 66 valence electrons. The molecule has 0 bridgehead atoms. The molecule has 1 aliphatic rings. The van der Waals surface area contributed by atoms with Gasteiger partial charge in [-0.1, -0.05) is 0 Å². The molecule has 2 heteroatoms. The molecule has 0 atom stereocenters. The summed E-state index contributed by atoms with van der Waals surface area (Å²) in [6, 6.07) is 0.676. The van der Waals surface area contributed by atoms with Crippen LogP contribution in [0, 0.1) is 0 Å². The molecule has 0 aromatic rings. The van der Waals surface area contributed by atoms with E-state index < -0.39 is 0 Å². The minimum Gasteiger partial charge on any atom is -0.291 e. The SMILES string of the molecule is CC(C)N(C)CN1CCCC1. The van der Waals surface area contributed by atoms with Crippen molar-refractivity contribution in [1.29, 1.82) is 0 Å². The van der Waals surface area contributed by atoms with Gasteiger partial charge in [-0.15, -0.1) is 0 Å². The van der Waals surface area contributed by atoms with Crippen molar-refractivity contribution in [1.82, 2.24) is 9.80 Å². The number of hydrogen-bond acceptors (Lipinski definition) is 2. The lowest BCUT2D eigenvalue weighted by Gasteiger charge is -2.26. The molecular weight excluding hydrogens is 136 g/mol. The third kappa shape index (κ3) is 2.80. The summed E-state index contributed by atoms with van der Waals surface area (Å²) in [5.74, 6) is 0. The van der Waals surface area contributed by atoms with Crippen LogP contribution >= 0.6 is 0 Å². The van der Waals surface area contributed by atoms with Gasteiger partial charge in [-0.3, -0.25) is 9.80 Å². The van der Waals surface area contributed by atoms with E-state index in [2.05, 4.69) is 30.7 Å². The zero-order valence-corrected chi connectivity index (χ0v) is 8.01. The van der Waals surface area contributed by atoms with Crippen molar-refractivity contribution < 1.29 is 0 Å².